The first-order valence-electron chi connectivity index (χ1n) is 6.44. The van der Waals surface area contributed by atoms with Crippen molar-refractivity contribution in [3.63, 3.8) is 0 Å². The van der Waals surface area contributed by atoms with Crippen LogP contribution in [0.5, 0.6) is 0 Å². The predicted molar refractivity (Wildman–Crippen MR) is 72.2 cm³/mol. The maximum atomic E-state index is 13.0. The zero-order chi connectivity index (χ0) is 12.6. The standard InChI is InChI=1S/C14H16FNOS/c15-11-4-6-12(7-5-11)16-13(17)10-18-14(16)8-2-1-3-9-14/h4-7H,1-3,8-10H2. The molecule has 0 radical (unpaired) electrons. The zero-order valence-corrected chi connectivity index (χ0v) is 11.0. The van der Waals surface area contributed by atoms with Crippen LogP contribution in [-0.2, 0) is 4.79 Å². The number of hydrogen-bond acceptors (Lipinski definition) is 2. The number of thioether (sulfide) groups is 1. The van der Waals surface area contributed by atoms with Crippen LogP contribution in [0.25, 0.3) is 0 Å². The number of halogens is 1. The average Bonchev–Trinajstić information content (AvgIpc) is 2.69. The lowest BCUT2D eigenvalue weighted by Crippen LogP contribution is -2.45. The molecule has 1 spiro atoms. The lowest BCUT2D eigenvalue weighted by atomic mass is 9.93. The van der Waals surface area contributed by atoms with Gasteiger partial charge in [0, 0.05) is 5.69 Å². The number of amides is 1. The highest BCUT2D eigenvalue weighted by Gasteiger charge is 2.47. The van der Waals surface area contributed by atoms with E-state index in [1.165, 1.54) is 31.4 Å². The van der Waals surface area contributed by atoms with E-state index in [1.54, 1.807) is 23.9 Å². The second-order valence-corrected chi connectivity index (χ2v) is 6.34. The molecular formula is C14H16FNOS. The molecule has 18 heavy (non-hydrogen) atoms. The van der Waals surface area contributed by atoms with Gasteiger partial charge >= 0.3 is 0 Å². The zero-order valence-electron chi connectivity index (χ0n) is 10.2. The second-order valence-electron chi connectivity index (χ2n) is 5.00. The van der Waals surface area contributed by atoms with Crippen molar-refractivity contribution >= 4 is 23.4 Å². The highest BCUT2D eigenvalue weighted by atomic mass is 32.2. The summed E-state index contributed by atoms with van der Waals surface area (Å²) in [5.41, 5.74) is 0.841. The molecule has 1 aromatic rings. The molecule has 0 aromatic heterocycles. The minimum Gasteiger partial charge on any atom is -0.297 e. The Morgan fingerprint density at radius 2 is 1.78 bits per heavy atom. The van der Waals surface area contributed by atoms with E-state index in [0.717, 1.165) is 18.5 Å². The summed E-state index contributed by atoms with van der Waals surface area (Å²) < 4.78 is 13.0. The molecule has 0 bridgehead atoms. The predicted octanol–water partition coefficient (Wildman–Crippen LogP) is 3.57. The molecule has 1 heterocycles. The molecular weight excluding hydrogens is 249 g/mol. The molecule has 1 aromatic carbocycles. The van der Waals surface area contributed by atoms with Crippen molar-refractivity contribution in [2.24, 2.45) is 0 Å². The SMILES string of the molecule is O=C1CSC2(CCCCC2)N1c1ccc(F)cc1. The maximum absolute atomic E-state index is 13.0. The van der Waals surface area contributed by atoms with Crippen molar-refractivity contribution in [2.75, 3.05) is 10.7 Å². The van der Waals surface area contributed by atoms with Crippen molar-refractivity contribution in [3.05, 3.63) is 30.1 Å². The minimum atomic E-state index is -0.254. The van der Waals surface area contributed by atoms with E-state index in [1.807, 2.05) is 4.90 Å². The average molecular weight is 265 g/mol. The number of carbonyl (C=O) groups excluding carboxylic acids is 1. The van der Waals surface area contributed by atoms with E-state index in [0.29, 0.717) is 5.75 Å². The quantitative estimate of drug-likeness (QED) is 0.773. The molecule has 0 atom stereocenters. The molecule has 2 fully saturated rings. The van der Waals surface area contributed by atoms with Crippen LogP contribution in [0.2, 0.25) is 0 Å². The van der Waals surface area contributed by atoms with E-state index in [4.69, 9.17) is 0 Å². The molecule has 2 nitrogen and oxygen atoms in total. The molecule has 3 rings (SSSR count). The van der Waals surface area contributed by atoms with Gasteiger partial charge in [0.25, 0.3) is 0 Å². The third-order valence-electron chi connectivity index (χ3n) is 3.84. The highest BCUT2D eigenvalue weighted by molar-refractivity contribution is 8.02. The Labute approximate surface area is 111 Å². The van der Waals surface area contributed by atoms with Crippen LogP contribution < -0.4 is 4.90 Å². The number of hydrogen-bond donors (Lipinski definition) is 0. The fourth-order valence-corrected chi connectivity index (χ4v) is 4.43. The first kappa shape index (κ1) is 12.0. The van der Waals surface area contributed by atoms with Crippen LogP contribution in [-0.4, -0.2) is 16.5 Å². The monoisotopic (exact) mass is 265 g/mol. The molecule has 1 aliphatic heterocycles. The highest BCUT2D eigenvalue weighted by Crippen LogP contribution is 2.48. The minimum absolute atomic E-state index is 0.0623. The van der Waals surface area contributed by atoms with E-state index in [-0.39, 0.29) is 16.6 Å². The Morgan fingerprint density at radius 1 is 1.11 bits per heavy atom. The largest absolute Gasteiger partial charge is 0.297 e. The van der Waals surface area contributed by atoms with E-state index < -0.39 is 0 Å². The van der Waals surface area contributed by atoms with Crippen molar-refractivity contribution in [1.29, 1.82) is 0 Å². The van der Waals surface area contributed by atoms with Gasteiger partial charge in [-0.1, -0.05) is 19.3 Å². The lowest BCUT2D eigenvalue weighted by Gasteiger charge is -2.40. The van der Waals surface area contributed by atoms with Gasteiger partial charge in [-0.15, -0.1) is 11.8 Å². The van der Waals surface area contributed by atoms with E-state index in [2.05, 4.69) is 0 Å². The molecule has 1 aliphatic carbocycles. The first-order valence-corrected chi connectivity index (χ1v) is 7.42. The summed E-state index contributed by atoms with van der Waals surface area (Å²) in [4.78, 5) is 14.0. The molecule has 1 saturated carbocycles. The van der Waals surface area contributed by atoms with Gasteiger partial charge in [0.05, 0.1) is 10.6 Å². The van der Waals surface area contributed by atoms with Gasteiger partial charge in [-0.05, 0) is 37.1 Å². The van der Waals surface area contributed by atoms with Crippen molar-refractivity contribution in [3.8, 4) is 0 Å². The lowest BCUT2D eigenvalue weighted by molar-refractivity contribution is -0.116. The number of anilines is 1. The second kappa shape index (κ2) is 4.57. The van der Waals surface area contributed by atoms with Crippen LogP contribution >= 0.6 is 11.8 Å². The summed E-state index contributed by atoms with van der Waals surface area (Å²) in [6.45, 7) is 0. The smallest absolute Gasteiger partial charge is 0.238 e. The fraction of sp³-hybridized carbons (Fsp3) is 0.500. The van der Waals surface area contributed by atoms with Crippen LogP contribution in [0, 0.1) is 5.82 Å². The molecule has 2 aliphatic rings. The van der Waals surface area contributed by atoms with Crippen LogP contribution in [0.1, 0.15) is 32.1 Å². The Morgan fingerprint density at radius 3 is 2.44 bits per heavy atom. The van der Waals surface area contributed by atoms with E-state index in [9.17, 15) is 9.18 Å². The first-order chi connectivity index (χ1) is 8.71. The molecule has 1 saturated heterocycles. The molecule has 0 N–H and O–H groups in total. The Kier molecular flexibility index (Phi) is 3.06. The van der Waals surface area contributed by atoms with Crippen molar-refractivity contribution < 1.29 is 9.18 Å². The molecule has 4 heteroatoms. The molecule has 1 amide bonds. The van der Waals surface area contributed by atoms with Gasteiger partial charge in [-0.25, -0.2) is 4.39 Å². The van der Waals surface area contributed by atoms with Gasteiger partial charge in [-0.2, -0.15) is 0 Å². The Bertz CT molecular complexity index is 453. The van der Waals surface area contributed by atoms with Gasteiger partial charge in [0.15, 0.2) is 0 Å². The van der Waals surface area contributed by atoms with Gasteiger partial charge in [0.2, 0.25) is 5.91 Å². The Balaban J connectivity index is 1.96. The van der Waals surface area contributed by atoms with Gasteiger partial charge in [-0.3, -0.25) is 9.69 Å². The van der Waals surface area contributed by atoms with Crippen molar-refractivity contribution in [2.45, 2.75) is 37.0 Å². The number of nitrogens with zero attached hydrogens (tertiary/aromatic N) is 1. The topological polar surface area (TPSA) is 20.3 Å². The number of benzene rings is 1. The van der Waals surface area contributed by atoms with Gasteiger partial charge < -0.3 is 0 Å². The van der Waals surface area contributed by atoms with E-state index >= 15 is 0 Å². The summed E-state index contributed by atoms with van der Waals surface area (Å²) in [6, 6.07) is 6.30. The summed E-state index contributed by atoms with van der Waals surface area (Å²) in [5.74, 6) is 0.460. The Hall–Kier alpha value is -1.03. The van der Waals surface area contributed by atoms with Crippen LogP contribution in [0.15, 0.2) is 24.3 Å². The van der Waals surface area contributed by atoms with Crippen LogP contribution in [0.4, 0.5) is 10.1 Å². The normalized spacial score (nSPS) is 22.7. The summed E-state index contributed by atoms with van der Waals surface area (Å²) in [6.07, 6.45) is 5.73. The van der Waals surface area contributed by atoms with Gasteiger partial charge in [0.1, 0.15) is 5.82 Å². The number of carbonyl (C=O) groups is 1. The van der Waals surface area contributed by atoms with Crippen LogP contribution in [0.3, 0.4) is 0 Å². The molecule has 0 unspecified atom stereocenters. The number of rotatable bonds is 1. The fourth-order valence-electron chi connectivity index (χ4n) is 2.99. The summed E-state index contributed by atoms with van der Waals surface area (Å²) in [7, 11) is 0. The summed E-state index contributed by atoms with van der Waals surface area (Å²) >= 11 is 1.76. The third kappa shape index (κ3) is 1.92. The van der Waals surface area contributed by atoms with Crippen molar-refractivity contribution in [1.82, 2.24) is 0 Å². The summed E-state index contributed by atoms with van der Waals surface area (Å²) in [5, 5.41) is 0. The maximum Gasteiger partial charge on any atom is 0.238 e. The third-order valence-corrected chi connectivity index (χ3v) is 5.36. The molecule has 96 valence electrons.